The molecule has 0 saturated carbocycles. The molecular weight excluding hydrogens is 242 g/mol. The second-order valence-electron chi connectivity index (χ2n) is 4.35. The number of carbonyl (C=O) groups is 2. The Morgan fingerprint density at radius 2 is 2.00 bits per heavy atom. The van der Waals surface area contributed by atoms with Crippen LogP contribution in [-0.4, -0.2) is 37.0 Å². The summed E-state index contributed by atoms with van der Waals surface area (Å²) in [5, 5.41) is 0. The highest BCUT2D eigenvalue weighted by atomic mass is 16.8. The average molecular weight is 261 g/mol. The molecule has 0 amide bonds. The minimum Gasteiger partial charge on any atom is -0.463 e. The Labute approximate surface area is 105 Å². The molecule has 1 fully saturated rings. The second-order valence-corrected chi connectivity index (χ2v) is 4.35. The molecule has 0 bridgehead atoms. The van der Waals surface area contributed by atoms with E-state index in [1.165, 1.54) is 13.8 Å². The third-order valence-corrected chi connectivity index (χ3v) is 2.70. The smallest absolute Gasteiger partial charge is 0.303 e. The van der Waals surface area contributed by atoms with E-state index in [0.29, 0.717) is 6.42 Å². The molecule has 0 spiro atoms. The summed E-state index contributed by atoms with van der Waals surface area (Å²) in [6.45, 7) is 4.66. The normalized spacial score (nSPS) is 31.8. The SMILES string of the molecule is CC(=O)OC[C@@H]1CC(C)[C@@H](OC(C)=O)C(ON)O1. The van der Waals surface area contributed by atoms with Crippen molar-refractivity contribution in [2.75, 3.05) is 6.61 Å². The molecule has 0 aromatic rings. The van der Waals surface area contributed by atoms with Crippen LogP contribution in [0.3, 0.4) is 0 Å². The zero-order valence-corrected chi connectivity index (χ0v) is 10.8. The first-order valence-corrected chi connectivity index (χ1v) is 5.75. The predicted molar refractivity (Wildman–Crippen MR) is 59.9 cm³/mol. The second kappa shape index (κ2) is 6.67. The fourth-order valence-electron chi connectivity index (χ4n) is 1.93. The van der Waals surface area contributed by atoms with E-state index in [1.807, 2.05) is 6.92 Å². The fourth-order valence-corrected chi connectivity index (χ4v) is 1.93. The van der Waals surface area contributed by atoms with Gasteiger partial charge in [0, 0.05) is 19.8 Å². The lowest BCUT2D eigenvalue weighted by atomic mass is 9.94. The minimum atomic E-state index is -0.849. The highest BCUT2D eigenvalue weighted by molar-refractivity contribution is 5.66. The standard InChI is InChI=1S/C11H19NO6/c1-6-4-9(5-15-7(2)13)17-11(18-12)10(6)16-8(3)14/h6,9-11H,4-5,12H2,1-3H3/t6?,9-,10+,11?/m0/s1. The molecule has 0 aromatic carbocycles. The van der Waals surface area contributed by atoms with Crippen LogP contribution in [0.15, 0.2) is 0 Å². The molecule has 2 unspecified atom stereocenters. The van der Waals surface area contributed by atoms with Gasteiger partial charge >= 0.3 is 11.9 Å². The Morgan fingerprint density at radius 3 is 2.50 bits per heavy atom. The molecular formula is C11H19NO6. The molecule has 18 heavy (non-hydrogen) atoms. The summed E-state index contributed by atoms with van der Waals surface area (Å²) in [7, 11) is 0. The molecule has 2 N–H and O–H groups in total. The van der Waals surface area contributed by atoms with E-state index in [-0.39, 0.29) is 24.6 Å². The molecule has 1 heterocycles. The molecule has 1 saturated heterocycles. The summed E-state index contributed by atoms with van der Waals surface area (Å²) in [5.74, 6) is 4.33. The number of nitrogens with two attached hydrogens (primary N) is 1. The van der Waals surface area contributed by atoms with Gasteiger partial charge in [-0.05, 0) is 6.42 Å². The van der Waals surface area contributed by atoms with E-state index in [2.05, 4.69) is 4.84 Å². The Bertz CT molecular complexity index is 308. The van der Waals surface area contributed by atoms with Crippen molar-refractivity contribution in [2.24, 2.45) is 11.8 Å². The van der Waals surface area contributed by atoms with Gasteiger partial charge in [0.2, 0.25) is 6.29 Å². The van der Waals surface area contributed by atoms with Crippen LogP contribution in [0.5, 0.6) is 0 Å². The molecule has 7 nitrogen and oxygen atoms in total. The third kappa shape index (κ3) is 4.25. The zero-order chi connectivity index (χ0) is 13.7. The first kappa shape index (κ1) is 14.9. The Kier molecular flexibility index (Phi) is 5.52. The van der Waals surface area contributed by atoms with Crippen molar-refractivity contribution in [1.29, 1.82) is 0 Å². The first-order chi connectivity index (χ1) is 8.43. The number of carbonyl (C=O) groups excluding carboxylic acids is 2. The monoisotopic (exact) mass is 261 g/mol. The van der Waals surface area contributed by atoms with Crippen LogP contribution in [-0.2, 0) is 28.6 Å². The van der Waals surface area contributed by atoms with Crippen LogP contribution in [0.25, 0.3) is 0 Å². The van der Waals surface area contributed by atoms with Gasteiger partial charge in [0.1, 0.15) is 6.61 Å². The fraction of sp³-hybridized carbons (Fsp3) is 0.818. The predicted octanol–water partition coefficient (Wildman–Crippen LogP) is 0.123. The van der Waals surface area contributed by atoms with E-state index in [1.54, 1.807) is 0 Å². The number of hydrogen-bond donors (Lipinski definition) is 1. The summed E-state index contributed by atoms with van der Waals surface area (Å²) in [6.07, 6.45) is -1.13. The highest BCUT2D eigenvalue weighted by Gasteiger charge is 2.39. The van der Waals surface area contributed by atoms with Crippen molar-refractivity contribution in [3.63, 3.8) is 0 Å². The largest absolute Gasteiger partial charge is 0.463 e. The van der Waals surface area contributed by atoms with Crippen molar-refractivity contribution in [1.82, 2.24) is 0 Å². The topological polar surface area (TPSA) is 97.1 Å². The molecule has 0 aromatic heterocycles. The summed E-state index contributed by atoms with van der Waals surface area (Å²) in [5.41, 5.74) is 0. The lowest BCUT2D eigenvalue weighted by molar-refractivity contribution is -0.267. The van der Waals surface area contributed by atoms with E-state index in [4.69, 9.17) is 20.1 Å². The maximum Gasteiger partial charge on any atom is 0.303 e. The minimum absolute atomic E-state index is 0.00300. The number of ether oxygens (including phenoxy) is 3. The van der Waals surface area contributed by atoms with Crippen molar-refractivity contribution < 1.29 is 28.6 Å². The third-order valence-electron chi connectivity index (χ3n) is 2.70. The van der Waals surface area contributed by atoms with Gasteiger partial charge < -0.3 is 14.2 Å². The molecule has 104 valence electrons. The zero-order valence-electron chi connectivity index (χ0n) is 10.8. The van der Waals surface area contributed by atoms with E-state index >= 15 is 0 Å². The molecule has 1 rings (SSSR count). The maximum absolute atomic E-state index is 11.0. The highest BCUT2D eigenvalue weighted by Crippen LogP contribution is 2.28. The van der Waals surface area contributed by atoms with Crippen LogP contribution in [0.2, 0.25) is 0 Å². The quantitative estimate of drug-likeness (QED) is 0.567. The Balaban J connectivity index is 2.57. The molecule has 7 heteroatoms. The number of hydrogen-bond acceptors (Lipinski definition) is 7. The Hall–Kier alpha value is -1.18. The summed E-state index contributed by atoms with van der Waals surface area (Å²) >= 11 is 0. The number of rotatable bonds is 4. The van der Waals surface area contributed by atoms with Gasteiger partial charge in [-0.15, -0.1) is 0 Å². The van der Waals surface area contributed by atoms with Crippen molar-refractivity contribution in [2.45, 2.75) is 45.7 Å². The van der Waals surface area contributed by atoms with Gasteiger partial charge in [0.25, 0.3) is 0 Å². The van der Waals surface area contributed by atoms with Crippen molar-refractivity contribution in [3.05, 3.63) is 0 Å². The van der Waals surface area contributed by atoms with E-state index in [0.717, 1.165) is 0 Å². The summed E-state index contributed by atoms with van der Waals surface area (Å²) < 4.78 is 15.4. The van der Waals surface area contributed by atoms with Crippen LogP contribution >= 0.6 is 0 Å². The average Bonchev–Trinajstić information content (AvgIpc) is 2.28. The van der Waals surface area contributed by atoms with Gasteiger partial charge in [-0.25, -0.2) is 5.90 Å². The van der Waals surface area contributed by atoms with Gasteiger partial charge in [0.15, 0.2) is 6.10 Å². The van der Waals surface area contributed by atoms with E-state index < -0.39 is 18.4 Å². The van der Waals surface area contributed by atoms with Gasteiger partial charge in [-0.1, -0.05) is 6.92 Å². The molecule has 4 atom stereocenters. The van der Waals surface area contributed by atoms with E-state index in [9.17, 15) is 9.59 Å². The van der Waals surface area contributed by atoms with Crippen LogP contribution in [0.1, 0.15) is 27.2 Å². The van der Waals surface area contributed by atoms with Gasteiger partial charge in [-0.2, -0.15) is 0 Å². The van der Waals surface area contributed by atoms with Crippen molar-refractivity contribution >= 4 is 11.9 Å². The summed E-state index contributed by atoms with van der Waals surface area (Å²) in [4.78, 5) is 26.4. The van der Waals surface area contributed by atoms with Gasteiger partial charge in [-0.3, -0.25) is 14.4 Å². The lowest BCUT2D eigenvalue weighted by Gasteiger charge is -2.38. The Morgan fingerprint density at radius 1 is 1.33 bits per heavy atom. The maximum atomic E-state index is 11.0. The molecule has 1 aliphatic rings. The van der Waals surface area contributed by atoms with Crippen molar-refractivity contribution in [3.8, 4) is 0 Å². The molecule has 1 aliphatic heterocycles. The first-order valence-electron chi connectivity index (χ1n) is 5.75. The van der Waals surface area contributed by atoms with Crippen LogP contribution < -0.4 is 5.90 Å². The number of esters is 2. The molecule has 0 aliphatic carbocycles. The summed E-state index contributed by atoms with van der Waals surface area (Å²) in [6, 6.07) is 0. The van der Waals surface area contributed by atoms with Crippen LogP contribution in [0.4, 0.5) is 0 Å². The van der Waals surface area contributed by atoms with Gasteiger partial charge in [0.05, 0.1) is 6.10 Å². The lowest BCUT2D eigenvalue weighted by Crippen LogP contribution is -2.49. The molecule has 0 radical (unpaired) electrons. The van der Waals surface area contributed by atoms with Crippen LogP contribution in [0, 0.1) is 5.92 Å².